The Kier molecular flexibility index (Phi) is 2.98. The lowest BCUT2D eigenvalue weighted by Crippen LogP contribution is -2.02. The molecule has 0 unspecified atom stereocenters. The molecule has 0 bridgehead atoms. The van der Waals surface area contributed by atoms with E-state index in [1.165, 1.54) is 0 Å². The first kappa shape index (κ1) is 10.1. The highest BCUT2D eigenvalue weighted by Crippen LogP contribution is 2.28. The number of aromatic nitrogens is 1. The number of hydrogen-bond donors (Lipinski definition) is 1. The number of nitrogen functional groups attached to an aromatic ring is 1. The fourth-order valence-electron chi connectivity index (χ4n) is 0.796. The molecule has 0 radical (unpaired) electrons. The van der Waals surface area contributed by atoms with Crippen LogP contribution in [0.2, 0.25) is 0 Å². The van der Waals surface area contributed by atoms with Gasteiger partial charge in [0.1, 0.15) is 15.3 Å². The van der Waals surface area contributed by atoms with Gasteiger partial charge in [0, 0.05) is 6.20 Å². The van der Waals surface area contributed by atoms with Gasteiger partial charge in [0.05, 0.1) is 11.3 Å². The summed E-state index contributed by atoms with van der Waals surface area (Å²) in [7, 11) is 0. The van der Waals surface area contributed by atoms with Crippen LogP contribution in [0.5, 0.6) is 0 Å². The molecule has 13 heavy (non-hydrogen) atoms. The van der Waals surface area contributed by atoms with Crippen molar-refractivity contribution in [2.75, 3.05) is 5.73 Å². The standard InChI is InChI=1S/C7H4F2IN3/c8-6(9)4-2-13-7(10)3(1-11)5(4)12/h2,6H,(H2,12,13). The van der Waals surface area contributed by atoms with Crippen LogP contribution in [0.25, 0.3) is 0 Å². The molecular formula is C7H4F2IN3. The van der Waals surface area contributed by atoms with Crippen molar-refractivity contribution in [1.29, 1.82) is 5.26 Å². The van der Waals surface area contributed by atoms with Gasteiger partial charge in [0.2, 0.25) is 0 Å². The van der Waals surface area contributed by atoms with Crippen LogP contribution >= 0.6 is 22.6 Å². The van der Waals surface area contributed by atoms with Crippen molar-refractivity contribution in [3.05, 3.63) is 21.0 Å². The third-order valence-electron chi connectivity index (χ3n) is 1.45. The van der Waals surface area contributed by atoms with Gasteiger partial charge in [-0.2, -0.15) is 5.26 Å². The lowest BCUT2D eigenvalue weighted by Gasteiger charge is -2.05. The Labute approximate surface area is 86.7 Å². The second-order valence-electron chi connectivity index (χ2n) is 2.21. The highest BCUT2D eigenvalue weighted by molar-refractivity contribution is 14.1. The molecule has 2 N–H and O–H groups in total. The zero-order valence-electron chi connectivity index (χ0n) is 6.26. The molecule has 0 aliphatic heterocycles. The molecule has 1 aromatic rings. The summed E-state index contributed by atoms with van der Waals surface area (Å²) in [6.07, 6.45) is -1.71. The fourth-order valence-corrected chi connectivity index (χ4v) is 1.35. The van der Waals surface area contributed by atoms with Gasteiger partial charge in [0.15, 0.2) is 0 Å². The molecule has 1 heterocycles. The van der Waals surface area contributed by atoms with Gasteiger partial charge in [-0.3, -0.25) is 0 Å². The molecule has 0 saturated carbocycles. The first-order valence-electron chi connectivity index (χ1n) is 3.20. The number of anilines is 1. The highest BCUT2D eigenvalue weighted by Gasteiger charge is 2.16. The van der Waals surface area contributed by atoms with Crippen LogP contribution in [-0.4, -0.2) is 4.98 Å². The number of nitriles is 1. The Morgan fingerprint density at radius 2 is 2.23 bits per heavy atom. The summed E-state index contributed by atoms with van der Waals surface area (Å²) in [5, 5.41) is 8.59. The van der Waals surface area contributed by atoms with E-state index in [1.54, 1.807) is 28.7 Å². The maximum atomic E-state index is 12.2. The van der Waals surface area contributed by atoms with E-state index < -0.39 is 12.0 Å². The molecule has 0 fully saturated rings. The quantitative estimate of drug-likeness (QED) is 0.637. The van der Waals surface area contributed by atoms with Crippen LogP contribution < -0.4 is 5.73 Å². The predicted molar refractivity (Wildman–Crippen MR) is 51.0 cm³/mol. The zero-order valence-corrected chi connectivity index (χ0v) is 8.42. The van der Waals surface area contributed by atoms with Crippen molar-refractivity contribution in [2.45, 2.75) is 6.43 Å². The number of halogens is 3. The minimum atomic E-state index is -2.70. The average molecular weight is 295 g/mol. The molecule has 0 aliphatic carbocycles. The van der Waals surface area contributed by atoms with Crippen molar-refractivity contribution >= 4 is 28.3 Å². The monoisotopic (exact) mass is 295 g/mol. The average Bonchev–Trinajstić information content (AvgIpc) is 2.04. The van der Waals surface area contributed by atoms with E-state index in [-0.39, 0.29) is 11.3 Å². The van der Waals surface area contributed by atoms with Gasteiger partial charge < -0.3 is 5.73 Å². The molecule has 1 aromatic heterocycles. The summed E-state index contributed by atoms with van der Waals surface area (Å²) in [6.45, 7) is 0. The van der Waals surface area contributed by atoms with Crippen LogP contribution in [0, 0.1) is 15.0 Å². The van der Waals surface area contributed by atoms with Gasteiger partial charge in [-0.25, -0.2) is 13.8 Å². The second kappa shape index (κ2) is 3.83. The summed E-state index contributed by atoms with van der Waals surface area (Å²) in [4.78, 5) is 3.64. The first-order chi connectivity index (χ1) is 6.07. The summed E-state index contributed by atoms with van der Waals surface area (Å²) in [5.74, 6) is 0. The molecule has 0 aliphatic rings. The fraction of sp³-hybridized carbons (Fsp3) is 0.143. The number of hydrogen-bond acceptors (Lipinski definition) is 3. The van der Waals surface area contributed by atoms with Gasteiger partial charge >= 0.3 is 0 Å². The van der Waals surface area contributed by atoms with E-state index in [0.717, 1.165) is 6.20 Å². The maximum Gasteiger partial charge on any atom is 0.267 e. The van der Waals surface area contributed by atoms with E-state index in [0.29, 0.717) is 3.70 Å². The van der Waals surface area contributed by atoms with Gasteiger partial charge in [0.25, 0.3) is 6.43 Å². The van der Waals surface area contributed by atoms with E-state index >= 15 is 0 Å². The molecule has 1 rings (SSSR count). The number of rotatable bonds is 1. The SMILES string of the molecule is N#Cc1c(I)ncc(C(F)F)c1N. The maximum absolute atomic E-state index is 12.2. The molecule has 0 spiro atoms. The van der Waals surface area contributed by atoms with E-state index in [9.17, 15) is 8.78 Å². The molecule has 3 nitrogen and oxygen atoms in total. The largest absolute Gasteiger partial charge is 0.397 e. The highest BCUT2D eigenvalue weighted by atomic mass is 127. The minimum absolute atomic E-state index is 0.0124. The summed E-state index contributed by atoms with van der Waals surface area (Å²) >= 11 is 1.77. The van der Waals surface area contributed by atoms with E-state index in [2.05, 4.69) is 4.98 Å². The number of alkyl halides is 2. The number of pyridine rings is 1. The predicted octanol–water partition coefficient (Wildman–Crippen LogP) is 2.08. The van der Waals surface area contributed by atoms with Gasteiger partial charge in [-0.15, -0.1) is 0 Å². The van der Waals surface area contributed by atoms with Crippen LogP contribution in [-0.2, 0) is 0 Å². The van der Waals surface area contributed by atoms with Crippen molar-refractivity contribution in [2.24, 2.45) is 0 Å². The lowest BCUT2D eigenvalue weighted by atomic mass is 10.2. The van der Waals surface area contributed by atoms with E-state index in [4.69, 9.17) is 11.0 Å². The Morgan fingerprint density at radius 1 is 1.62 bits per heavy atom. The zero-order chi connectivity index (χ0) is 10.0. The topological polar surface area (TPSA) is 62.7 Å². The number of nitrogens with two attached hydrogens (primary N) is 1. The van der Waals surface area contributed by atoms with Crippen molar-refractivity contribution in [3.8, 4) is 6.07 Å². The normalized spacial score (nSPS) is 10.1. The molecule has 0 saturated heterocycles. The second-order valence-corrected chi connectivity index (χ2v) is 3.23. The Balaban J connectivity index is 3.38. The first-order valence-corrected chi connectivity index (χ1v) is 4.28. The van der Waals surface area contributed by atoms with E-state index in [1.807, 2.05) is 0 Å². The molecule has 0 atom stereocenters. The Morgan fingerprint density at radius 3 is 2.69 bits per heavy atom. The molecule has 6 heteroatoms. The van der Waals surface area contributed by atoms with Gasteiger partial charge in [-0.1, -0.05) is 0 Å². The van der Waals surface area contributed by atoms with Crippen LogP contribution in [0.15, 0.2) is 6.20 Å². The molecular weight excluding hydrogens is 291 g/mol. The molecule has 0 aromatic carbocycles. The summed E-state index contributed by atoms with van der Waals surface area (Å²) in [6, 6.07) is 1.73. The minimum Gasteiger partial charge on any atom is -0.397 e. The van der Waals surface area contributed by atoms with Crippen LogP contribution in [0.1, 0.15) is 17.6 Å². The Bertz CT molecular complexity index is 373. The molecule has 0 amide bonds. The molecule has 68 valence electrons. The van der Waals surface area contributed by atoms with Crippen molar-refractivity contribution in [1.82, 2.24) is 4.98 Å². The van der Waals surface area contributed by atoms with Crippen LogP contribution in [0.3, 0.4) is 0 Å². The number of nitrogens with zero attached hydrogens (tertiary/aromatic N) is 2. The van der Waals surface area contributed by atoms with Gasteiger partial charge in [-0.05, 0) is 22.6 Å². The smallest absolute Gasteiger partial charge is 0.267 e. The lowest BCUT2D eigenvalue weighted by molar-refractivity contribution is 0.152. The Hall–Kier alpha value is -0.970. The van der Waals surface area contributed by atoms with Crippen molar-refractivity contribution < 1.29 is 8.78 Å². The summed E-state index contributed by atoms with van der Waals surface area (Å²) in [5.41, 5.74) is 4.79. The third kappa shape index (κ3) is 1.85. The third-order valence-corrected chi connectivity index (χ3v) is 2.27. The summed E-state index contributed by atoms with van der Waals surface area (Å²) < 4.78 is 24.8. The van der Waals surface area contributed by atoms with Crippen molar-refractivity contribution in [3.63, 3.8) is 0 Å². The van der Waals surface area contributed by atoms with Crippen LogP contribution in [0.4, 0.5) is 14.5 Å².